The van der Waals surface area contributed by atoms with Gasteiger partial charge in [-0.05, 0) is 241 Å². The van der Waals surface area contributed by atoms with Gasteiger partial charge in [0.25, 0.3) is 0 Å². The van der Waals surface area contributed by atoms with Gasteiger partial charge in [0.1, 0.15) is 0 Å². The van der Waals surface area contributed by atoms with Crippen molar-refractivity contribution in [2.75, 3.05) is 14.2 Å². The van der Waals surface area contributed by atoms with E-state index in [4.69, 9.17) is 9.47 Å². The van der Waals surface area contributed by atoms with Crippen molar-refractivity contribution < 1.29 is 19.1 Å². The zero-order chi connectivity index (χ0) is 55.9. The maximum absolute atomic E-state index is 12.4. The number of hydrogen-bond acceptors (Lipinski definition) is 4. The van der Waals surface area contributed by atoms with Crippen LogP contribution < -0.4 is 0 Å². The van der Waals surface area contributed by atoms with Crippen LogP contribution in [0.4, 0.5) is 0 Å². The molecule has 0 aliphatic heterocycles. The number of rotatable bonds is 10. The summed E-state index contributed by atoms with van der Waals surface area (Å²) in [5.74, 6) is 22.9. The minimum Gasteiger partial charge on any atom is -0.469 e. The van der Waals surface area contributed by atoms with Crippen molar-refractivity contribution in [3.05, 3.63) is 0 Å². The Morgan fingerprint density at radius 1 is 0.342 bits per heavy atom. The normalized spacial score (nSPS) is 52.4. The van der Waals surface area contributed by atoms with E-state index >= 15 is 0 Å². The molecule has 28 unspecified atom stereocenters. The van der Waals surface area contributed by atoms with Gasteiger partial charge in [-0.25, -0.2) is 0 Å². The molecule has 12 aliphatic rings. The zero-order valence-corrected chi connectivity index (χ0v) is 54.0. The summed E-state index contributed by atoms with van der Waals surface area (Å²) in [6, 6.07) is 0. The van der Waals surface area contributed by atoms with Gasteiger partial charge in [0, 0.05) is 0 Å². The number of fused-ring (bicyclic) bond motifs is 20. The second kappa shape index (κ2) is 21.0. The molecular weight excluding hydrogens is 929 g/mol. The van der Waals surface area contributed by atoms with E-state index < -0.39 is 0 Å². The van der Waals surface area contributed by atoms with Crippen LogP contribution in [0.15, 0.2) is 0 Å². The lowest BCUT2D eigenvalue weighted by molar-refractivity contribution is -0.162. The number of ether oxygens (including phenoxy) is 2. The molecule has 4 nitrogen and oxygen atoms in total. The Labute approximate surface area is 470 Å². The molecule has 436 valence electrons. The Morgan fingerprint density at radius 2 is 0.579 bits per heavy atom. The van der Waals surface area contributed by atoms with E-state index in [-0.39, 0.29) is 22.8 Å². The van der Waals surface area contributed by atoms with Crippen molar-refractivity contribution in [3.8, 4) is 0 Å². The fourth-order valence-corrected chi connectivity index (χ4v) is 26.2. The Hall–Kier alpha value is -1.06. The van der Waals surface area contributed by atoms with Crippen LogP contribution in [0.3, 0.4) is 0 Å². The molecule has 0 saturated heterocycles. The smallest absolute Gasteiger partial charge is 0.312 e. The van der Waals surface area contributed by atoms with Crippen LogP contribution in [-0.4, -0.2) is 26.2 Å². The van der Waals surface area contributed by atoms with Gasteiger partial charge < -0.3 is 9.47 Å². The minimum atomic E-state index is -0.226. The van der Waals surface area contributed by atoms with Crippen LogP contribution in [-0.2, 0) is 19.1 Å². The van der Waals surface area contributed by atoms with Crippen LogP contribution in [0.5, 0.6) is 0 Å². The maximum Gasteiger partial charge on any atom is 0.312 e. The number of carbonyl (C=O) groups is 2. The summed E-state index contributed by atoms with van der Waals surface area (Å²) in [7, 11) is 3.12. The van der Waals surface area contributed by atoms with E-state index in [0.29, 0.717) is 45.3 Å². The first-order chi connectivity index (χ1) is 35.6. The van der Waals surface area contributed by atoms with Crippen molar-refractivity contribution in [2.45, 2.75) is 241 Å². The van der Waals surface area contributed by atoms with Gasteiger partial charge in [0.15, 0.2) is 0 Å². The average Bonchev–Trinajstić information content (AvgIpc) is 4.25. The molecule has 0 aromatic carbocycles. The van der Waals surface area contributed by atoms with Crippen LogP contribution >= 0.6 is 0 Å². The Kier molecular flexibility index (Phi) is 16.4. The van der Waals surface area contributed by atoms with Crippen molar-refractivity contribution in [1.29, 1.82) is 0 Å². The standard InChI is InChI=1S/2C18H30O2.2C18H32/c2*1-6-7-12-8-10(2)15-13-9-14(16(12)15)18(4,11(13)3)17(19)20-5;2*1-7-8-12-9-11(2)15-13-10-14(16(12)15)18(5,6)17(13,3)4/h2*10-16H,6-9H2,1-5H3;2*11-16H,7-10H2,1-6H3. The SMILES string of the molecule is CCCC1CC(C)C2C1C1CC2C(C)(C)C1(C)C.CCCC1CC(C)C2C1C1CC2C(C)(C)C1(C)C.CCCC1CC(C)C2C3CC(C12)C(C)(C(=O)OC)C3C.CCCC1CC(C)C2C3CC(C12)C(C)(C(=O)OC)C3C. The average molecular weight is 1050 g/mol. The van der Waals surface area contributed by atoms with Gasteiger partial charge in [-0.2, -0.15) is 0 Å². The number of carbonyl (C=O) groups excluding carboxylic acids is 2. The highest BCUT2D eigenvalue weighted by molar-refractivity contribution is 5.78. The molecule has 4 heteroatoms. The first-order valence-corrected chi connectivity index (χ1v) is 33.7. The third-order valence-electron chi connectivity index (χ3n) is 30.8. The third kappa shape index (κ3) is 8.33. The zero-order valence-electron chi connectivity index (χ0n) is 54.0. The highest BCUT2D eigenvalue weighted by atomic mass is 16.5. The largest absolute Gasteiger partial charge is 0.469 e. The molecule has 0 heterocycles. The predicted octanol–water partition coefficient (Wildman–Crippen LogP) is 19.0. The highest BCUT2D eigenvalue weighted by Crippen LogP contribution is 2.77. The van der Waals surface area contributed by atoms with Gasteiger partial charge in [0.2, 0.25) is 0 Å². The third-order valence-corrected chi connectivity index (χ3v) is 30.8. The van der Waals surface area contributed by atoms with E-state index in [1.807, 2.05) is 0 Å². The molecular formula is C72H124O4. The molecule has 12 fully saturated rings. The lowest BCUT2D eigenvalue weighted by Gasteiger charge is -2.52. The van der Waals surface area contributed by atoms with Gasteiger partial charge in [-0.1, -0.05) is 176 Å². The monoisotopic (exact) mass is 1050 g/mol. The lowest BCUT2D eigenvalue weighted by atomic mass is 9.53. The van der Waals surface area contributed by atoms with Crippen molar-refractivity contribution in [3.63, 3.8) is 0 Å². The number of methoxy groups -OCH3 is 2. The molecule has 76 heavy (non-hydrogen) atoms. The van der Waals surface area contributed by atoms with Crippen LogP contribution in [0.25, 0.3) is 0 Å². The van der Waals surface area contributed by atoms with E-state index in [9.17, 15) is 9.59 Å². The second-order valence-corrected chi connectivity index (χ2v) is 33.6. The Bertz CT molecular complexity index is 1920. The summed E-state index contributed by atoms with van der Waals surface area (Å²) in [5, 5.41) is 0. The summed E-state index contributed by atoms with van der Waals surface area (Å²) in [6.07, 6.45) is 22.5. The van der Waals surface area contributed by atoms with E-state index in [1.165, 1.54) is 89.9 Å². The first kappa shape index (κ1) is 59.6. The van der Waals surface area contributed by atoms with Crippen molar-refractivity contribution >= 4 is 11.9 Å². The summed E-state index contributed by atoms with van der Waals surface area (Å²) < 4.78 is 10.4. The van der Waals surface area contributed by atoms with Crippen LogP contribution in [0.2, 0.25) is 0 Å². The quantitative estimate of drug-likeness (QED) is 0.205. The molecule has 12 rings (SSSR count). The van der Waals surface area contributed by atoms with Gasteiger partial charge >= 0.3 is 11.9 Å². The van der Waals surface area contributed by atoms with Crippen molar-refractivity contribution in [2.24, 2.45) is 186 Å². The Morgan fingerprint density at radius 3 is 0.829 bits per heavy atom. The Balaban J connectivity index is 0.000000124. The van der Waals surface area contributed by atoms with Crippen LogP contribution in [0.1, 0.15) is 241 Å². The van der Waals surface area contributed by atoms with E-state index in [0.717, 1.165) is 130 Å². The lowest BCUT2D eigenvalue weighted by Crippen LogP contribution is -2.47. The minimum absolute atomic E-state index is 0.0470. The molecule has 0 amide bonds. The molecule has 28 atom stereocenters. The predicted molar refractivity (Wildman–Crippen MR) is 317 cm³/mol. The van der Waals surface area contributed by atoms with Gasteiger partial charge in [-0.3, -0.25) is 9.59 Å². The molecule has 0 radical (unpaired) electrons. The second-order valence-electron chi connectivity index (χ2n) is 33.6. The fourth-order valence-electron chi connectivity index (χ4n) is 26.2. The fraction of sp³-hybridized carbons (Fsp3) is 0.972. The van der Waals surface area contributed by atoms with Crippen LogP contribution in [0, 0.1) is 186 Å². The topological polar surface area (TPSA) is 52.6 Å². The van der Waals surface area contributed by atoms with Crippen molar-refractivity contribution in [1.82, 2.24) is 0 Å². The summed E-state index contributed by atoms with van der Waals surface area (Å²) in [6.45, 7) is 48.9. The molecule has 0 aromatic heterocycles. The molecule has 0 N–H and O–H groups in total. The molecule has 12 aliphatic carbocycles. The maximum atomic E-state index is 12.4. The van der Waals surface area contributed by atoms with Gasteiger partial charge in [0.05, 0.1) is 25.0 Å². The molecule has 8 bridgehead atoms. The molecule has 0 spiro atoms. The summed E-state index contributed by atoms with van der Waals surface area (Å²) >= 11 is 0. The summed E-state index contributed by atoms with van der Waals surface area (Å²) in [4.78, 5) is 24.9. The molecule has 12 saturated carbocycles. The number of esters is 2. The van der Waals surface area contributed by atoms with Gasteiger partial charge in [-0.15, -0.1) is 0 Å². The summed E-state index contributed by atoms with van der Waals surface area (Å²) in [5.41, 5.74) is 1.80. The highest BCUT2D eigenvalue weighted by Gasteiger charge is 2.73. The first-order valence-electron chi connectivity index (χ1n) is 33.7. The van der Waals surface area contributed by atoms with E-state index in [1.54, 1.807) is 27.1 Å². The van der Waals surface area contributed by atoms with E-state index in [2.05, 4.69) is 138 Å². The molecule has 0 aromatic rings. The number of hydrogen-bond donors (Lipinski definition) is 0.